The number of hydrogen-bond acceptors (Lipinski definition) is 7. The third kappa shape index (κ3) is 8.78. The summed E-state index contributed by atoms with van der Waals surface area (Å²) in [4.78, 5) is 55.5. The number of carboxylic acids is 1. The molecule has 11 N–H and O–H groups in total. The van der Waals surface area contributed by atoms with Gasteiger partial charge in [-0.05, 0) is 30.9 Å². The van der Waals surface area contributed by atoms with Crippen molar-refractivity contribution in [2.75, 3.05) is 18.8 Å². The number of H-pyrrole nitrogens is 1. The Kier molecular flexibility index (Phi) is 11.0. The molecule has 196 valence electrons. The molecule has 0 fully saturated rings. The Morgan fingerprint density at radius 1 is 1.08 bits per heavy atom. The lowest BCUT2D eigenvalue weighted by Crippen LogP contribution is -2.54. The van der Waals surface area contributed by atoms with E-state index >= 15 is 0 Å². The van der Waals surface area contributed by atoms with E-state index in [-0.39, 0.29) is 31.1 Å². The van der Waals surface area contributed by atoms with Gasteiger partial charge >= 0.3 is 5.97 Å². The maximum absolute atomic E-state index is 12.5. The van der Waals surface area contributed by atoms with Crippen LogP contribution in [0.15, 0.2) is 35.5 Å². The summed E-state index contributed by atoms with van der Waals surface area (Å²) in [6, 6.07) is 4.40. The number of aliphatic carboxylic acids is 1. The van der Waals surface area contributed by atoms with Gasteiger partial charge in [0.1, 0.15) is 12.1 Å². The molecule has 2 rings (SSSR count). The number of carbonyl (C=O) groups excluding carboxylic acids is 3. The second-order valence-electron chi connectivity index (χ2n) is 8.04. The van der Waals surface area contributed by atoms with Crippen molar-refractivity contribution in [2.24, 2.45) is 22.2 Å². The summed E-state index contributed by atoms with van der Waals surface area (Å²) in [6.45, 7) is -0.213. The van der Waals surface area contributed by atoms with Crippen LogP contribution in [0.1, 0.15) is 18.4 Å². The van der Waals surface area contributed by atoms with Gasteiger partial charge in [0.25, 0.3) is 0 Å². The van der Waals surface area contributed by atoms with Gasteiger partial charge in [-0.25, -0.2) is 4.79 Å². The number of nitrogens with one attached hydrogen (secondary N) is 4. The number of aliphatic imine (C=N–C) groups is 1. The average molecular weight is 521 g/mol. The van der Waals surface area contributed by atoms with E-state index < -0.39 is 48.4 Å². The Balaban J connectivity index is 1.82. The molecule has 0 saturated carbocycles. The number of para-hydroxylation sites is 1. The average Bonchev–Trinajstić information content (AvgIpc) is 3.25. The van der Waals surface area contributed by atoms with Gasteiger partial charge in [0.2, 0.25) is 17.7 Å². The summed E-state index contributed by atoms with van der Waals surface area (Å²) in [6.07, 6.45) is 2.44. The predicted molar refractivity (Wildman–Crippen MR) is 138 cm³/mol. The first-order chi connectivity index (χ1) is 17.1. The number of aromatic amines is 1. The van der Waals surface area contributed by atoms with Crippen molar-refractivity contribution < 1.29 is 24.3 Å². The molecular weight excluding hydrogens is 488 g/mol. The van der Waals surface area contributed by atoms with Crippen molar-refractivity contribution in [1.29, 1.82) is 0 Å². The van der Waals surface area contributed by atoms with Crippen molar-refractivity contribution >= 4 is 53.2 Å². The Bertz CT molecular complexity index is 1100. The summed E-state index contributed by atoms with van der Waals surface area (Å²) in [5.41, 5.74) is 18.2. The number of rotatable bonds is 14. The lowest BCUT2D eigenvalue weighted by atomic mass is 10.1. The number of carbonyl (C=O) groups is 4. The minimum absolute atomic E-state index is 0.0788. The van der Waals surface area contributed by atoms with Crippen LogP contribution in [0.3, 0.4) is 0 Å². The summed E-state index contributed by atoms with van der Waals surface area (Å²) < 4.78 is 0. The lowest BCUT2D eigenvalue weighted by Gasteiger charge is -2.20. The molecule has 3 unspecified atom stereocenters. The predicted octanol–water partition coefficient (Wildman–Crippen LogP) is -1.81. The van der Waals surface area contributed by atoms with Crippen LogP contribution in [0.25, 0.3) is 10.9 Å². The quantitative estimate of drug-likeness (QED) is 0.0595. The molecule has 0 aliphatic rings. The molecule has 0 bridgehead atoms. The van der Waals surface area contributed by atoms with Crippen molar-refractivity contribution in [3.8, 4) is 0 Å². The molecule has 13 nitrogen and oxygen atoms in total. The van der Waals surface area contributed by atoms with Crippen LogP contribution >= 0.6 is 12.6 Å². The van der Waals surface area contributed by atoms with Crippen LogP contribution in [0.5, 0.6) is 0 Å². The molecule has 3 amide bonds. The van der Waals surface area contributed by atoms with Gasteiger partial charge in [0, 0.05) is 29.4 Å². The molecule has 3 atom stereocenters. The molecular formula is C22H32N8O5S. The van der Waals surface area contributed by atoms with E-state index in [0.717, 1.165) is 16.5 Å². The fraction of sp³-hybridized carbons (Fsp3) is 0.409. The number of carboxylic acid groups (broad SMARTS) is 1. The van der Waals surface area contributed by atoms with Crippen LogP contribution in [0, 0.1) is 0 Å². The molecule has 0 saturated heterocycles. The highest BCUT2D eigenvalue weighted by atomic mass is 32.1. The zero-order valence-corrected chi connectivity index (χ0v) is 20.5. The third-order valence-electron chi connectivity index (χ3n) is 5.27. The van der Waals surface area contributed by atoms with Crippen LogP contribution in [0.4, 0.5) is 0 Å². The zero-order valence-electron chi connectivity index (χ0n) is 19.6. The highest BCUT2D eigenvalue weighted by molar-refractivity contribution is 7.80. The number of fused-ring (bicyclic) bond motifs is 1. The monoisotopic (exact) mass is 520 g/mol. The highest BCUT2D eigenvalue weighted by Gasteiger charge is 2.26. The van der Waals surface area contributed by atoms with Gasteiger partial charge < -0.3 is 43.2 Å². The largest absolute Gasteiger partial charge is 0.480 e. The summed E-state index contributed by atoms with van der Waals surface area (Å²) in [7, 11) is 0. The van der Waals surface area contributed by atoms with Crippen LogP contribution < -0.4 is 33.2 Å². The number of amides is 3. The van der Waals surface area contributed by atoms with Crippen LogP contribution in [-0.2, 0) is 25.6 Å². The molecule has 0 spiro atoms. The van der Waals surface area contributed by atoms with Crippen molar-refractivity contribution in [1.82, 2.24) is 20.9 Å². The van der Waals surface area contributed by atoms with Gasteiger partial charge in [-0.3, -0.25) is 19.4 Å². The minimum atomic E-state index is -1.24. The molecule has 0 radical (unpaired) electrons. The number of thiol groups is 1. The molecule has 1 heterocycles. The fourth-order valence-electron chi connectivity index (χ4n) is 3.40. The lowest BCUT2D eigenvalue weighted by molar-refractivity contribution is -0.142. The normalized spacial score (nSPS) is 13.3. The number of hydrogen-bond donors (Lipinski definition) is 9. The smallest absolute Gasteiger partial charge is 0.326 e. The van der Waals surface area contributed by atoms with E-state index in [4.69, 9.17) is 17.2 Å². The van der Waals surface area contributed by atoms with Crippen molar-refractivity contribution in [3.05, 3.63) is 36.0 Å². The van der Waals surface area contributed by atoms with E-state index in [1.807, 2.05) is 24.3 Å². The Morgan fingerprint density at radius 2 is 1.81 bits per heavy atom. The minimum Gasteiger partial charge on any atom is -0.480 e. The standard InChI is InChI=1S/C22H32N8O5S/c23-14(8-12-9-27-15-5-2-1-4-13(12)15)19(32)28-10-18(31)29-17(11-36)20(33)30-16(21(34)35)6-3-7-26-22(24)25/h1-2,4-5,9,14,16-17,27,36H,3,6-8,10-11,23H2,(H,28,32)(H,29,31)(H,30,33)(H,34,35)(H4,24,25,26). The highest BCUT2D eigenvalue weighted by Crippen LogP contribution is 2.18. The third-order valence-corrected chi connectivity index (χ3v) is 5.63. The first-order valence-electron chi connectivity index (χ1n) is 11.2. The zero-order chi connectivity index (χ0) is 26.7. The fourth-order valence-corrected chi connectivity index (χ4v) is 3.66. The Morgan fingerprint density at radius 3 is 2.47 bits per heavy atom. The first kappa shape index (κ1) is 28.5. The van der Waals surface area contributed by atoms with Gasteiger partial charge in [-0.1, -0.05) is 18.2 Å². The van der Waals surface area contributed by atoms with Crippen molar-refractivity contribution in [3.63, 3.8) is 0 Å². The maximum atomic E-state index is 12.5. The Hall–Kier alpha value is -3.78. The van der Waals surface area contributed by atoms with Crippen LogP contribution in [-0.4, -0.2) is 76.7 Å². The van der Waals surface area contributed by atoms with E-state index in [1.165, 1.54) is 0 Å². The number of benzene rings is 1. The summed E-state index contributed by atoms with van der Waals surface area (Å²) in [5.74, 6) is -3.37. The van der Waals surface area contributed by atoms with Gasteiger partial charge in [-0.15, -0.1) is 0 Å². The first-order valence-corrected chi connectivity index (χ1v) is 11.8. The van der Waals surface area contributed by atoms with E-state index in [9.17, 15) is 24.3 Å². The number of aromatic nitrogens is 1. The molecule has 2 aromatic rings. The number of nitrogens with two attached hydrogens (primary N) is 3. The van der Waals surface area contributed by atoms with E-state index in [2.05, 4.69) is 38.6 Å². The number of nitrogens with zero attached hydrogens (tertiary/aromatic N) is 1. The topological polar surface area (TPSA) is 231 Å². The second-order valence-corrected chi connectivity index (χ2v) is 8.40. The molecule has 1 aromatic heterocycles. The summed E-state index contributed by atoms with van der Waals surface area (Å²) >= 11 is 4.05. The van der Waals surface area contributed by atoms with E-state index in [0.29, 0.717) is 6.42 Å². The molecule has 0 aliphatic carbocycles. The molecule has 14 heteroatoms. The van der Waals surface area contributed by atoms with Gasteiger partial charge in [-0.2, -0.15) is 12.6 Å². The SMILES string of the molecule is NC(N)=NCCCC(NC(=O)C(CS)NC(=O)CNC(=O)C(N)Cc1c[nH]c2ccccc12)C(=O)O. The Labute approximate surface area is 213 Å². The van der Waals surface area contributed by atoms with Crippen molar-refractivity contribution in [2.45, 2.75) is 37.4 Å². The van der Waals surface area contributed by atoms with E-state index in [1.54, 1.807) is 6.20 Å². The summed E-state index contributed by atoms with van der Waals surface area (Å²) in [5, 5.41) is 17.5. The number of guanidine groups is 1. The van der Waals surface area contributed by atoms with Gasteiger partial charge in [0.15, 0.2) is 5.96 Å². The molecule has 36 heavy (non-hydrogen) atoms. The van der Waals surface area contributed by atoms with Crippen LogP contribution in [0.2, 0.25) is 0 Å². The molecule has 1 aromatic carbocycles. The second kappa shape index (κ2) is 13.9. The molecule has 0 aliphatic heterocycles. The van der Waals surface area contributed by atoms with Gasteiger partial charge in [0.05, 0.1) is 12.6 Å². The maximum Gasteiger partial charge on any atom is 0.326 e.